The standard InChI is InChI=1S/C14H29NO/c1-8-14(7,9-2)15-11-10-12(3,4)16-13(11,5)6/h11,15H,8-10H2,1-7H3. The van der Waals surface area contributed by atoms with Gasteiger partial charge in [0.25, 0.3) is 0 Å². The molecule has 0 aromatic carbocycles. The number of nitrogens with one attached hydrogen (secondary N) is 1. The maximum Gasteiger partial charge on any atom is 0.0787 e. The highest BCUT2D eigenvalue weighted by atomic mass is 16.5. The van der Waals surface area contributed by atoms with E-state index in [1.807, 2.05) is 0 Å². The summed E-state index contributed by atoms with van der Waals surface area (Å²) in [6.07, 6.45) is 3.42. The molecule has 2 heteroatoms. The van der Waals surface area contributed by atoms with Crippen molar-refractivity contribution in [2.75, 3.05) is 0 Å². The Balaban J connectivity index is 2.75. The second kappa shape index (κ2) is 4.30. The molecule has 0 spiro atoms. The van der Waals surface area contributed by atoms with E-state index in [0.717, 1.165) is 19.3 Å². The van der Waals surface area contributed by atoms with Crippen LogP contribution in [0.15, 0.2) is 0 Å². The lowest BCUT2D eigenvalue weighted by Crippen LogP contribution is -2.53. The SMILES string of the molecule is CCC(C)(CC)NC1CC(C)(C)OC1(C)C. The van der Waals surface area contributed by atoms with E-state index in [1.54, 1.807) is 0 Å². The van der Waals surface area contributed by atoms with Crippen molar-refractivity contribution in [3.05, 3.63) is 0 Å². The molecule has 0 radical (unpaired) electrons. The first kappa shape index (κ1) is 14.0. The summed E-state index contributed by atoms with van der Waals surface area (Å²) in [5.74, 6) is 0. The van der Waals surface area contributed by atoms with Gasteiger partial charge >= 0.3 is 0 Å². The highest BCUT2D eigenvalue weighted by Gasteiger charge is 2.47. The molecule has 1 rings (SSSR count). The van der Waals surface area contributed by atoms with Gasteiger partial charge in [-0.2, -0.15) is 0 Å². The zero-order valence-corrected chi connectivity index (χ0v) is 12.1. The third kappa shape index (κ3) is 2.98. The van der Waals surface area contributed by atoms with Crippen molar-refractivity contribution in [3.8, 4) is 0 Å². The zero-order valence-electron chi connectivity index (χ0n) is 12.1. The predicted octanol–water partition coefficient (Wildman–Crippen LogP) is 3.50. The van der Waals surface area contributed by atoms with E-state index < -0.39 is 0 Å². The Morgan fingerprint density at radius 2 is 1.69 bits per heavy atom. The Morgan fingerprint density at radius 3 is 2.00 bits per heavy atom. The zero-order chi connectivity index (χ0) is 12.6. The molecule has 1 N–H and O–H groups in total. The number of ether oxygens (including phenoxy) is 1. The topological polar surface area (TPSA) is 21.3 Å². The van der Waals surface area contributed by atoms with Crippen molar-refractivity contribution in [2.45, 2.75) is 90.5 Å². The Labute approximate surface area is 101 Å². The molecule has 1 fully saturated rings. The summed E-state index contributed by atoms with van der Waals surface area (Å²) in [6, 6.07) is 0.451. The quantitative estimate of drug-likeness (QED) is 0.793. The average molecular weight is 227 g/mol. The van der Waals surface area contributed by atoms with Crippen LogP contribution in [0.1, 0.15) is 67.7 Å². The largest absolute Gasteiger partial charge is 0.368 e. The lowest BCUT2D eigenvalue weighted by molar-refractivity contribution is -0.0716. The van der Waals surface area contributed by atoms with Crippen molar-refractivity contribution in [1.29, 1.82) is 0 Å². The van der Waals surface area contributed by atoms with Crippen molar-refractivity contribution >= 4 is 0 Å². The van der Waals surface area contributed by atoms with E-state index in [1.165, 1.54) is 0 Å². The fourth-order valence-corrected chi connectivity index (χ4v) is 2.66. The maximum atomic E-state index is 6.12. The van der Waals surface area contributed by atoms with Crippen LogP contribution < -0.4 is 5.32 Å². The first-order valence-corrected chi connectivity index (χ1v) is 6.62. The molecule has 0 saturated carbocycles. The Kier molecular flexibility index (Phi) is 3.76. The number of hydrogen-bond donors (Lipinski definition) is 1. The van der Waals surface area contributed by atoms with Crippen LogP contribution >= 0.6 is 0 Å². The van der Waals surface area contributed by atoms with Crippen LogP contribution in [0.3, 0.4) is 0 Å². The minimum Gasteiger partial charge on any atom is -0.368 e. The molecular weight excluding hydrogens is 198 g/mol. The molecule has 0 amide bonds. The first-order chi connectivity index (χ1) is 7.14. The van der Waals surface area contributed by atoms with Crippen LogP contribution in [0.2, 0.25) is 0 Å². The van der Waals surface area contributed by atoms with Gasteiger partial charge in [-0.05, 0) is 53.9 Å². The summed E-state index contributed by atoms with van der Waals surface area (Å²) in [7, 11) is 0. The Bertz CT molecular complexity index is 241. The smallest absolute Gasteiger partial charge is 0.0787 e. The third-order valence-electron chi connectivity index (χ3n) is 4.16. The predicted molar refractivity (Wildman–Crippen MR) is 69.8 cm³/mol. The van der Waals surface area contributed by atoms with E-state index in [2.05, 4.69) is 53.8 Å². The first-order valence-electron chi connectivity index (χ1n) is 6.62. The summed E-state index contributed by atoms with van der Waals surface area (Å²) in [6.45, 7) is 15.6. The summed E-state index contributed by atoms with van der Waals surface area (Å²) in [4.78, 5) is 0. The van der Waals surface area contributed by atoms with E-state index in [9.17, 15) is 0 Å². The second-order valence-corrected chi connectivity index (χ2v) is 6.63. The van der Waals surface area contributed by atoms with Crippen LogP contribution in [0.4, 0.5) is 0 Å². The molecule has 0 bridgehead atoms. The van der Waals surface area contributed by atoms with Crippen LogP contribution in [-0.2, 0) is 4.74 Å². The lowest BCUT2D eigenvalue weighted by atomic mass is 9.88. The molecule has 96 valence electrons. The molecule has 1 aliphatic heterocycles. The molecule has 1 unspecified atom stereocenters. The monoisotopic (exact) mass is 227 g/mol. The molecule has 0 aromatic rings. The summed E-state index contributed by atoms with van der Waals surface area (Å²) in [5, 5.41) is 3.81. The maximum absolute atomic E-state index is 6.12. The fraction of sp³-hybridized carbons (Fsp3) is 1.00. The minimum atomic E-state index is -0.0604. The van der Waals surface area contributed by atoms with Gasteiger partial charge in [-0.15, -0.1) is 0 Å². The summed E-state index contributed by atoms with van der Waals surface area (Å²) >= 11 is 0. The third-order valence-corrected chi connectivity index (χ3v) is 4.16. The van der Waals surface area contributed by atoms with Gasteiger partial charge in [0, 0.05) is 11.6 Å². The van der Waals surface area contributed by atoms with E-state index in [-0.39, 0.29) is 16.7 Å². The van der Waals surface area contributed by atoms with Gasteiger partial charge in [-0.1, -0.05) is 13.8 Å². The molecule has 0 aromatic heterocycles. The van der Waals surface area contributed by atoms with E-state index in [4.69, 9.17) is 4.74 Å². The highest BCUT2D eigenvalue weighted by molar-refractivity contribution is 5.01. The molecule has 1 atom stereocenters. The van der Waals surface area contributed by atoms with Crippen LogP contribution in [0.25, 0.3) is 0 Å². The van der Waals surface area contributed by atoms with E-state index in [0.29, 0.717) is 6.04 Å². The molecule has 1 heterocycles. The highest BCUT2D eigenvalue weighted by Crippen LogP contribution is 2.38. The summed E-state index contributed by atoms with van der Waals surface area (Å²) < 4.78 is 6.12. The van der Waals surface area contributed by atoms with E-state index >= 15 is 0 Å². The molecular formula is C14H29NO. The Morgan fingerprint density at radius 1 is 1.19 bits per heavy atom. The number of hydrogen-bond acceptors (Lipinski definition) is 2. The van der Waals surface area contributed by atoms with Gasteiger partial charge in [0.1, 0.15) is 0 Å². The molecule has 16 heavy (non-hydrogen) atoms. The van der Waals surface area contributed by atoms with Gasteiger partial charge < -0.3 is 10.1 Å². The van der Waals surface area contributed by atoms with Gasteiger partial charge in [-0.25, -0.2) is 0 Å². The average Bonchev–Trinajstić information content (AvgIpc) is 2.34. The Hall–Kier alpha value is -0.0800. The number of rotatable bonds is 4. The van der Waals surface area contributed by atoms with Gasteiger partial charge in [-0.3, -0.25) is 0 Å². The molecule has 0 aliphatic carbocycles. The molecule has 1 saturated heterocycles. The van der Waals surface area contributed by atoms with Crippen LogP contribution in [0, 0.1) is 0 Å². The summed E-state index contributed by atoms with van der Waals surface area (Å²) in [5.41, 5.74) is 0.185. The van der Waals surface area contributed by atoms with Gasteiger partial charge in [0.2, 0.25) is 0 Å². The van der Waals surface area contributed by atoms with Crippen molar-refractivity contribution in [2.24, 2.45) is 0 Å². The van der Waals surface area contributed by atoms with Gasteiger partial charge in [0.05, 0.1) is 11.2 Å². The van der Waals surface area contributed by atoms with Crippen LogP contribution in [0.5, 0.6) is 0 Å². The van der Waals surface area contributed by atoms with Crippen molar-refractivity contribution in [1.82, 2.24) is 5.32 Å². The van der Waals surface area contributed by atoms with Crippen LogP contribution in [-0.4, -0.2) is 22.8 Å². The molecule has 1 aliphatic rings. The second-order valence-electron chi connectivity index (χ2n) is 6.63. The van der Waals surface area contributed by atoms with Crippen molar-refractivity contribution in [3.63, 3.8) is 0 Å². The van der Waals surface area contributed by atoms with Gasteiger partial charge in [0.15, 0.2) is 0 Å². The normalized spacial score (nSPS) is 28.3. The van der Waals surface area contributed by atoms with Crippen molar-refractivity contribution < 1.29 is 4.74 Å². The lowest BCUT2D eigenvalue weighted by Gasteiger charge is -2.37. The molecule has 2 nitrogen and oxygen atoms in total. The minimum absolute atomic E-state index is 0.00353. The fourth-order valence-electron chi connectivity index (χ4n) is 2.66.